The third kappa shape index (κ3) is 3.44. The first kappa shape index (κ1) is 20.9. The Morgan fingerprint density at radius 1 is 1.16 bits per heavy atom. The highest BCUT2D eigenvalue weighted by molar-refractivity contribution is 7.89. The highest BCUT2D eigenvalue weighted by Gasteiger charge is 2.31. The van der Waals surface area contributed by atoms with Gasteiger partial charge in [0.2, 0.25) is 10.0 Å². The lowest BCUT2D eigenvalue weighted by Crippen LogP contribution is -2.40. The number of nitrogens with one attached hydrogen (secondary N) is 2. The number of sulfonamides is 1. The normalized spacial score (nSPS) is 20.1. The lowest BCUT2D eigenvalue weighted by molar-refractivity contribution is -0.110. The van der Waals surface area contributed by atoms with Crippen molar-refractivity contribution < 1.29 is 27.9 Å². The maximum atomic E-state index is 13.1. The number of anilines is 1. The number of carbonyl (C=O) groups excluding carboxylic acids is 1. The summed E-state index contributed by atoms with van der Waals surface area (Å²) in [4.78, 5) is 27.9. The molecule has 2 aliphatic heterocycles. The Labute approximate surface area is 185 Å². The van der Waals surface area contributed by atoms with E-state index in [0.717, 1.165) is 30.5 Å². The van der Waals surface area contributed by atoms with Crippen molar-refractivity contribution in [3.05, 3.63) is 46.3 Å². The summed E-state index contributed by atoms with van der Waals surface area (Å²) in [5.41, 5.74) is 3.40. The Bertz CT molecular complexity index is 1250. The van der Waals surface area contributed by atoms with Crippen LogP contribution in [-0.2, 0) is 32.4 Å². The fraction of sp³-hybridized carbons (Fsp3) is 0.364. The fourth-order valence-electron chi connectivity index (χ4n) is 4.61. The number of aryl methyl sites for hydroxylation is 1. The van der Waals surface area contributed by atoms with Crippen LogP contribution in [0.15, 0.2) is 23.1 Å². The van der Waals surface area contributed by atoms with E-state index in [1.807, 2.05) is 0 Å². The van der Waals surface area contributed by atoms with Crippen molar-refractivity contribution in [3.63, 3.8) is 0 Å². The van der Waals surface area contributed by atoms with Crippen molar-refractivity contribution in [2.45, 2.75) is 30.6 Å². The SMILES string of the molecule is O=C1Nc2ccc(S(=O)(=O)N3CCOCC3)cc2C1=Cc1[nH]c2c(c1C(=O)O)CCCC2. The van der Waals surface area contributed by atoms with E-state index < -0.39 is 21.9 Å². The van der Waals surface area contributed by atoms with Gasteiger partial charge in [0, 0.05) is 30.0 Å². The Morgan fingerprint density at radius 2 is 1.91 bits per heavy atom. The summed E-state index contributed by atoms with van der Waals surface area (Å²) in [7, 11) is -3.74. The second-order valence-corrected chi connectivity index (χ2v) is 10.1. The molecule has 5 rings (SSSR count). The topological polar surface area (TPSA) is 129 Å². The van der Waals surface area contributed by atoms with E-state index >= 15 is 0 Å². The van der Waals surface area contributed by atoms with Crippen molar-refractivity contribution in [1.82, 2.24) is 9.29 Å². The molecule has 1 aliphatic carbocycles. The molecule has 1 fully saturated rings. The number of hydrogen-bond donors (Lipinski definition) is 3. The molecule has 1 saturated heterocycles. The first-order valence-corrected chi connectivity index (χ1v) is 12.0. The number of aromatic carboxylic acids is 1. The van der Waals surface area contributed by atoms with E-state index in [0.29, 0.717) is 36.6 Å². The second kappa shape index (κ2) is 7.88. The number of H-pyrrole nitrogens is 1. The van der Waals surface area contributed by atoms with Crippen molar-refractivity contribution >= 4 is 39.2 Å². The molecule has 1 aromatic carbocycles. The summed E-state index contributed by atoms with van der Waals surface area (Å²) in [5.74, 6) is -1.44. The molecule has 3 heterocycles. The third-order valence-electron chi connectivity index (χ3n) is 6.21. The summed E-state index contributed by atoms with van der Waals surface area (Å²) in [6, 6.07) is 4.52. The predicted octanol–water partition coefficient (Wildman–Crippen LogP) is 2.11. The molecule has 3 aliphatic rings. The number of amides is 1. The molecule has 0 unspecified atom stereocenters. The quantitative estimate of drug-likeness (QED) is 0.603. The average Bonchev–Trinajstić information content (AvgIpc) is 3.31. The Hall–Kier alpha value is -2.95. The van der Waals surface area contributed by atoms with Gasteiger partial charge in [-0.25, -0.2) is 13.2 Å². The van der Waals surface area contributed by atoms with Crippen LogP contribution in [0.5, 0.6) is 0 Å². The van der Waals surface area contributed by atoms with E-state index in [-0.39, 0.29) is 29.1 Å². The van der Waals surface area contributed by atoms with Crippen LogP contribution in [-0.4, -0.2) is 61.0 Å². The van der Waals surface area contributed by atoms with Gasteiger partial charge in [0.05, 0.1) is 34.9 Å². The molecule has 9 nitrogen and oxygen atoms in total. The van der Waals surface area contributed by atoms with Gasteiger partial charge in [-0.3, -0.25) is 4.79 Å². The minimum Gasteiger partial charge on any atom is -0.478 e. The van der Waals surface area contributed by atoms with Crippen molar-refractivity contribution in [3.8, 4) is 0 Å². The molecule has 0 radical (unpaired) electrons. The third-order valence-corrected chi connectivity index (χ3v) is 8.10. The minimum atomic E-state index is -3.74. The molecule has 0 atom stereocenters. The van der Waals surface area contributed by atoms with Gasteiger partial charge in [-0.15, -0.1) is 0 Å². The summed E-state index contributed by atoms with van der Waals surface area (Å²) in [6.45, 7) is 1.22. The van der Waals surface area contributed by atoms with Gasteiger partial charge in [0.15, 0.2) is 0 Å². The van der Waals surface area contributed by atoms with Gasteiger partial charge in [-0.1, -0.05) is 0 Å². The molecular formula is C22H23N3O6S. The van der Waals surface area contributed by atoms with Gasteiger partial charge < -0.3 is 20.1 Å². The number of benzene rings is 1. The zero-order chi connectivity index (χ0) is 22.5. The van der Waals surface area contributed by atoms with Crippen LogP contribution in [0.3, 0.4) is 0 Å². The predicted molar refractivity (Wildman–Crippen MR) is 117 cm³/mol. The van der Waals surface area contributed by atoms with E-state index in [4.69, 9.17) is 4.74 Å². The number of hydrogen-bond acceptors (Lipinski definition) is 5. The standard InChI is InChI=1S/C22H23N3O6S/c26-21-16(12-19-20(22(27)28)14-3-1-2-4-17(14)23-19)15-11-13(5-6-18(15)24-21)32(29,30)25-7-9-31-10-8-25/h5-6,11-12,23H,1-4,7-10H2,(H,24,26)(H,27,28). The number of nitrogens with zero attached hydrogens (tertiary/aromatic N) is 1. The molecular weight excluding hydrogens is 434 g/mol. The van der Waals surface area contributed by atoms with E-state index in [9.17, 15) is 23.1 Å². The van der Waals surface area contributed by atoms with Crippen molar-refractivity contribution in [2.75, 3.05) is 31.6 Å². The molecule has 0 bridgehead atoms. The maximum Gasteiger partial charge on any atom is 0.338 e. The van der Waals surface area contributed by atoms with Crippen molar-refractivity contribution in [1.29, 1.82) is 0 Å². The number of rotatable bonds is 4. The van der Waals surface area contributed by atoms with E-state index in [2.05, 4.69) is 10.3 Å². The molecule has 3 N–H and O–H groups in total. The van der Waals surface area contributed by atoms with Gasteiger partial charge in [0.1, 0.15) is 0 Å². The first-order chi connectivity index (χ1) is 15.4. The zero-order valence-electron chi connectivity index (χ0n) is 17.3. The average molecular weight is 458 g/mol. The number of aromatic amines is 1. The summed E-state index contributed by atoms with van der Waals surface area (Å²) >= 11 is 0. The summed E-state index contributed by atoms with van der Waals surface area (Å²) in [6.07, 6.45) is 4.88. The van der Waals surface area contributed by atoms with Crippen LogP contribution in [0, 0.1) is 0 Å². The minimum absolute atomic E-state index is 0.0878. The van der Waals surface area contributed by atoms with Crippen LogP contribution in [0.4, 0.5) is 5.69 Å². The number of morpholine rings is 1. The first-order valence-electron chi connectivity index (χ1n) is 10.6. The van der Waals surface area contributed by atoms with Crippen molar-refractivity contribution in [2.24, 2.45) is 0 Å². The number of aromatic nitrogens is 1. The van der Waals surface area contributed by atoms with Crippen LogP contribution in [0.25, 0.3) is 11.6 Å². The second-order valence-electron chi connectivity index (χ2n) is 8.12. The Balaban J connectivity index is 1.58. The van der Waals surface area contributed by atoms with Gasteiger partial charge in [0.25, 0.3) is 5.91 Å². The Kier molecular flexibility index (Phi) is 5.15. The van der Waals surface area contributed by atoms with Gasteiger partial charge >= 0.3 is 5.97 Å². The summed E-state index contributed by atoms with van der Waals surface area (Å²) in [5, 5.41) is 12.5. The van der Waals surface area contributed by atoms with Crippen LogP contribution in [0.1, 0.15) is 45.7 Å². The number of carboxylic acids is 1. The number of carboxylic acid groups (broad SMARTS) is 1. The van der Waals surface area contributed by atoms with Gasteiger partial charge in [-0.2, -0.15) is 4.31 Å². The lowest BCUT2D eigenvalue weighted by atomic mass is 9.94. The molecule has 10 heteroatoms. The highest BCUT2D eigenvalue weighted by Crippen LogP contribution is 2.37. The molecule has 2 aromatic rings. The number of fused-ring (bicyclic) bond motifs is 2. The van der Waals surface area contributed by atoms with E-state index in [1.54, 1.807) is 6.07 Å². The number of carbonyl (C=O) groups is 2. The molecule has 168 valence electrons. The Morgan fingerprint density at radius 3 is 2.66 bits per heavy atom. The molecule has 1 amide bonds. The van der Waals surface area contributed by atoms with Gasteiger partial charge in [-0.05, 0) is 55.5 Å². The lowest BCUT2D eigenvalue weighted by Gasteiger charge is -2.26. The van der Waals surface area contributed by atoms with E-state index in [1.165, 1.54) is 22.5 Å². The zero-order valence-corrected chi connectivity index (χ0v) is 18.1. The molecule has 1 aromatic heterocycles. The summed E-state index contributed by atoms with van der Waals surface area (Å²) < 4.78 is 32.8. The van der Waals surface area contributed by atoms with Crippen LogP contribution < -0.4 is 5.32 Å². The van der Waals surface area contributed by atoms with Crippen LogP contribution >= 0.6 is 0 Å². The largest absolute Gasteiger partial charge is 0.478 e. The molecule has 0 spiro atoms. The smallest absolute Gasteiger partial charge is 0.338 e. The number of ether oxygens (including phenoxy) is 1. The van der Waals surface area contributed by atoms with Crippen LogP contribution in [0.2, 0.25) is 0 Å². The fourth-order valence-corrected chi connectivity index (χ4v) is 6.05. The molecule has 32 heavy (non-hydrogen) atoms. The maximum absolute atomic E-state index is 13.1. The molecule has 0 saturated carbocycles. The highest BCUT2D eigenvalue weighted by atomic mass is 32.2. The monoisotopic (exact) mass is 457 g/mol.